The third-order valence-electron chi connectivity index (χ3n) is 3.86. The second-order valence-electron chi connectivity index (χ2n) is 5.77. The molecule has 0 saturated carbocycles. The first-order valence-electron chi connectivity index (χ1n) is 7.46. The Labute approximate surface area is 136 Å². The minimum Gasteiger partial charge on any atom is -0.352 e. The van der Waals surface area contributed by atoms with Crippen LogP contribution in [0.15, 0.2) is 24.3 Å². The van der Waals surface area contributed by atoms with Crippen LogP contribution in [0.2, 0.25) is 5.02 Å². The molecule has 1 saturated heterocycles. The first kappa shape index (κ1) is 16.6. The van der Waals surface area contributed by atoms with Crippen molar-refractivity contribution in [3.8, 4) is 0 Å². The summed E-state index contributed by atoms with van der Waals surface area (Å²) in [7, 11) is 3.45. The number of rotatable bonds is 3. The summed E-state index contributed by atoms with van der Waals surface area (Å²) in [6.07, 6.45) is 1.66. The number of halogens is 1. The van der Waals surface area contributed by atoms with Gasteiger partial charge in [0.25, 0.3) is 0 Å². The van der Waals surface area contributed by atoms with Gasteiger partial charge in [-0.15, -0.1) is 0 Å². The van der Waals surface area contributed by atoms with Crippen molar-refractivity contribution in [1.29, 1.82) is 0 Å². The summed E-state index contributed by atoms with van der Waals surface area (Å²) in [4.78, 5) is 27.6. The molecule has 1 N–H and O–H groups in total. The van der Waals surface area contributed by atoms with Crippen LogP contribution in [0, 0.1) is 5.92 Å². The minimum atomic E-state index is -0.153. The van der Waals surface area contributed by atoms with Crippen molar-refractivity contribution >= 4 is 23.5 Å². The Morgan fingerprint density at radius 3 is 2.77 bits per heavy atom. The SMILES string of the molecule is CN(C)C(=O)N1CCC[C@@H](C(=O)NCc2ccccc2Cl)C1. The molecule has 0 unspecified atom stereocenters. The van der Waals surface area contributed by atoms with Crippen molar-refractivity contribution in [3.05, 3.63) is 34.9 Å². The van der Waals surface area contributed by atoms with E-state index in [1.807, 2.05) is 18.2 Å². The van der Waals surface area contributed by atoms with E-state index < -0.39 is 0 Å². The molecule has 1 atom stereocenters. The highest BCUT2D eigenvalue weighted by Gasteiger charge is 2.28. The molecular formula is C16H22ClN3O2. The Hall–Kier alpha value is -1.75. The summed E-state index contributed by atoms with van der Waals surface area (Å²) in [6, 6.07) is 7.42. The van der Waals surface area contributed by atoms with Crippen molar-refractivity contribution in [1.82, 2.24) is 15.1 Å². The Morgan fingerprint density at radius 1 is 1.36 bits per heavy atom. The van der Waals surface area contributed by atoms with Crippen LogP contribution in [0.4, 0.5) is 4.79 Å². The number of nitrogens with one attached hydrogen (secondary N) is 1. The van der Waals surface area contributed by atoms with E-state index in [9.17, 15) is 9.59 Å². The summed E-state index contributed by atoms with van der Waals surface area (Å²) < 4.78 is 0. The van der Waals surface area contributed by atoms with Crippen LogP contribution < -0.4 is 5.32 Å². The van der Waals surface area contributed by atoms with Crippen LogP contribution in [0.25, 0.3) is 0 Å². The van der Waals surface area contributed by atoms with Crippen LogP contribution >= 0.6 is 11.6 Å². The molecule has 1 aromatic rings. The van der Waals surface area contributed by atoms with E-state index >= 15 is 0 Å². The van der Waals surface area contributed by atoms with E-state index in [0.29, 0.717) is 24.7 Å². The van der Waals surface area contributed by atoms with E-state index in [-0.39, 0.29) is 17.9 Å². The first-order chi connectivity index (χ1) is 10.5. The highest BCUT2D eigenvalue weighted by atomic mass is 35.5. The molecule has 1 aliphatic heterocycles. The van der Waals surface area contributed by atoms with Gasteiger partial charge in [0.1, 0.15) is 0 Å². The van der Waals surface area contributed by atoms with Crippen molar-refractivity contribution in [3.63, 3.8) is 0 Å². The molecule has 2 rings (SSSR count). The second kappa shape index (κ2) is 7.49. The van der Waals surface area contributed by atoms with Crippen LogP contribution in [-0.2, 0) is 11.3 Å². The summed E-state index contributed by atoms with van der Waals surface area (Å²) in [5.41, 5.74) is 0.898. The van der Waals surface area contributed by atoms with Crippen LogP contribution in [0.3, 0.4) is 0 Å². The third kappa shape index (κ3) is 4.13. The number of nitrogens with zero attached hydrogens (tertiary/aromatic N) is 2. The molecule has 1 heterocycles. The van der Waals surface area contributed by atoms with Crippen molar-refractivity contribution < 1.29 is 9.59 Å². The number of hydrogen-bond acceptors (Lipinski definition) is 2. The number of hydrogen-bond donors (Lipinski definition) is 1. The molecule has 0 aromatic heterocycles. The van der Waals surface area contributed by atoms with Gasteiger partial charge in [-0.25, -0.2) is 4.79 Å². The van der Waals surface area contributed by atoms with Gasteiger partial charge in [-0.1, -0.05) is 29.8 Å². The van der Waals surface area contributed by atoms with Gasteiger partial charge in [0.2, 0.25) is 5.91 Å². The van der Waals surface area contributed by atoms with Gasteiger partial charge in [-0.2, -0.15) is 0 Å². The quantitative estimate of drug-likeness (QED) is 0.928. The molecular weight excluding hydrogens is 302 g/mol. The number of likely N-dealkylation sites (tertiary alicyclic amines) is 1. The zero-order valence-corrected chi connectivity index (χ0v) is 13.8. The molecule has 1 aliphatic rings. The van der Waals surface area contributed by atoms with Crippen LogP contribution in [0.1, 0.15) is 18.4 Å². The van der Waals surface area contributed by atoms with E-state index in [1.165, 1.54) is 0 Å². The Kier molecular flexibility index (Phi) is 5.66. The molecule has 1 fully saturated rings. The lowest BCUT2D eigenvalue weighted by atomic mass is 9.97. The van der Waals surface area contributed by atoms with Crippen molar-refractivity contribution in [2.24, 2.45) is 5.92 Å². The highest BCUT2D eigenvalue weighted by Crippen LogP contribution is 2.19. The Morgan fingerprint density at radius 2 is 2.09 bits per heavy atom. The van der Waals surface area contributed by atoms with E-state index in [1.54, 1.807) is 30.0 Å². The average Bonchev–Trinajstić information content (AvgIpc) is 2.53. The third-order valence-corrected chi connectivity index (χ3v) is 4.22. The summed E-state index contributed by atoms with van der Waals surface area (Å²) in [5.74, 6) is -0.170. The van der Waals surface area contributed by atoms with Crippen molar-refractivity contribution in [2.45, 2.75) is 19.4 Å². The Bertz CT molecular complexity index is 548. The molecule has 0 aliphatic carbocycles. The fraction of sp³-hybridized carbons (Fsp3) is 0.500. The van der Waals surface area contributed by atoms with Crippen LogP contribution in [0.5, 0.6) is 0 Å². The average molecular weight is 324 g/mol. The molecule has 0 spiro atoms. The molecule has 1 aromatic carbocycles. The standard InChI is InChI=1S/C16H22ClN3O2/c1-19(2)16(22)20-9-5-7-13(11-20)15(21)18-10-12-6-3-4-8-14(12)17/h3-4,6,8,13H,5,7,9-11H2,1-2H3,(H,18,21)/t13-/m1/s1. The van der Waals surface area contributed by atoms with Gasteiger partial charge < -0.3 is 15.1 Å². The molecule has 0 bridgehead atoms. The largest absolute Gasteiger partial charge is 0.352 e. The maximum Gasteiger partial charge on any atom is 0.319 e. The lowest BCUT2D eigenvalue weighted by molar-refractivity contribution is -0.126. The van der Waals surface area contributed by atoms with Gasteiger partial charge >= 0.3 is 6.03 Å². The number of carbonyl (C=O) groups is 2. The number of benzene rings is 1. The van der Waals surface area contributed by atoms with E-state index in [2.05, 4.69) is 5.32 Å². The van der Waals surface area contributed by atoms with E-state index in [4.69, 9.17) is 11.6 Å². The molecule has 3 amide bonds. The predicted molar refractivity (Wildman–Crippen MR) is 86.7 cm³/mol. The number of urea groups is 1. The summed E-state index contributed by atoms with van der Waals surface area (Å²) in [5, 5.41) is 3.57. The maximum absolute atomic E-state index is 12.3. The van der Waals surface area contributed by atoms with Gasteiger partial charge in [-0.3, -0.25) is 4.79 Å². The topological polar surface area (TPSA) is 52.7 Å². The number of carbonyl (C=O) groups excluding carboxylic acids is 2. The minimum absolute atomic E-state index is 0.0174. The Balaban J connectivity index is 1.89. The fourth-order valence-corrected chi connectivity index (χ4v) is 2.82. The summed E-state index contributed by atoms with van der Waals surface area (Å²) >= 11 is 6.08. The normalized spacial score (nSPS) is 18.0. The second-order valence-corrected chi connectivity index (χ2v) is 6.18. The molecule has 0 radical (unpaired) electrons. The highest BCUT2D eigenvalue weighted by molar-refractivity contribution is 6.31. The molecule has 120 valence electrons. The van der Waals surface area contributed by atoms with Gasteiger partial charge in [-0.05, 0) is 24.5 Å². The van der Waals surface area contributed by atoms with Crippen molar-refractivity contribution in [2.75, 3.05) is 27.2 Å². The molecule has 6 heteroatoms. The monoisotopic (exact) mass is 323 g/mol. The zero-order chi connectivity index (χ0) is 16.1. The fourth-order valence-electron chi connectivity index (χ4n) is 2.62. The smallest absolute Gasteiger partial charge is 0.319 e. The lowest BCUT2D eigenvalue weighted by Crippen LogP contribution is -2.48. The zero-order valence-electron chi connectivity index (χ0n) is 13.0. The number of amides is 3. The van der Waals surface area contributed by atoms with Gasteiger partial charge in [0.15, 0.2) is 0 Å². The molecule has 22 heavy (non-hydrogen) atoms. The lowest BCUT2D eigenvalue weighted by Gasteiger charge is -2.33. The van der Waals surface area contributed by atoms with Crippen LogP contribution in [-0.4, -0.2) is 48.9 Å². The number of piperidine rings is 1. The molecule has 5 nitrogen and oxygen atoms in total. The van der Waals surface area contributed by atoms with Gasteiger partial charge in [0.05, 0.1) is 5.92 Å². The predicted octanol–water partition coefficient (Wildman–Crippen LogP) is 2.35. The summed E-state index contributed by atoms with van der Waals surface area (Å²) in [6.45, 7) is 1.60. The first-order valence-corrected chi connectivity index (χ1v) is 7.84. The van der Waals surface area contributed by atoms with E-state index in [0.717, 1.165) is 18.4 Å². The maximum atomic E-state index is 12.3. The van der Waals surface area contributed by atoms with Gasteiger partial charge in [0, 0.05) is 38.8 Å².